The van der Waals surface area contributed by atoms with Crippen LogP contribution in [0.5, 0.6) is 0 Å². The van der Waals surface area contributed by atoms with Gasteiger partial charge in [0.15, 0.2) is 0 Å². The maximum Gasteiger partial charge on any atom is 0.146 e. The Balaban J connectivity index is 1.90. The first-order chi connectivity index (χ1) is 8.36. The molecule has 1 fully saturated rings. The second kappa shape index (κ2) is 4.65. The van der Waals surface area contributed by atoms with Crippen molar-refractivity contribution in [2.45, 2.75) is 25.2 Å². The molecule has 0 saturated carbocycles. The van der Waals surface area contributed by atoms with Crippen LogP contribution < -0.4 is 10.6 Å². The van der Waals surface area contributed by atoms with Crippen LogP contribution in [-0.2, 0) is 0 Å². The lowest BCUT2D eigenvalue weighted by atomic mass is 9.76. The van der Waals surface area contributed by atoms with E-state index in [0.29, 0.717) is 5.92 Å². The lowest BCUT2D eigenvalue weighted by Gasteiger charge is -2.35. The zero-order valence-corrected chi connectivity index (χ0v) is 10.0. The summed E-state index contributed by atoms with van der Waals surface area (Å²) in [6, 6.07) is 5.49. The van der Waals surface area contributed by atoms with Gasteiger partial charge in [0.05, 0.1) is 5.69 Å². The van der Waals surface area contributed by atoms with Crippen molar-refractivity contribution >= 4 is 5.69 Å². The molecule has 2 N–H and O–H groups in total. The van der Waals surface area contributed by atoms with Gasteiger partial charge in [0.1, 0.15) is 5.82 Å². The van der Waals surface area contributed by atoms with E-state index in [0.717, 1.165) is 37.7 Å². The van der Waals surface area contributed by atoms with E-state index in [1.54, 1.807) is 6.07 Å². The van der Waals surface area contributed by atoms with Gasteiger partial charge in [0.2, 0.25) is 0 Å². The minimum Gasteiger partial charge on any atom is -0.382 e. The summed E-state index contributed by atoms with van der Waals surface area (Å²) in [5.41, 5.74) is 1.95. The van der Waals surface area contributed by atoms with Gasteiger partial charge in [-0.1, -0.05) is 12.1 Å². The van der Waals surface area contributed by atoms with Crippen LogP contribution in [0, 0.1) is 11.7 Å². The fourth-order valence-electron chi connectivity index (χ4n) is 3.28. The molecule has 0 amide bonds. The quantitative estimate of drug-likeness (QED) is 0.780. The topological polar surface area (TPSA) is 24.1 Å². The van der Waals surface area contributed by atoms with Crippen molar-refractivity contribution in [1.82, 2.24) is 5.32 Å². The van der Waals surface area contributed by atoms with Gasteiger partial charge >= 0.3 is 0 Å². The van der Waals surface area contributed by atoms with Gasteiger partial charge in [0.25, 0.3) is 0 Å². The van der Waals surface area contributed by atoms with Crippen LogP contribution in [-0.4, -0.2) is 19.6 Å². The first kappa shape index (κ1) is 11.0. The SMILES string of the molecule is Fc1cccc2c1NCCC2C1CCNCC1. The van der Waals surface area contributed by atoms with Gasteiger partial charge in [-0.05, 0) is 55.8 Å². The van der Waals surface area contributed by atoms with Crippen LogP contribution in [0.3, 0.4) is 0 Å². The summed E-state index contributed by atoms with van der Waals surface area (Å²) in [6.45, 7) is 3.13. The number of hydrogen-bond donors (Lipinski definition) is 2. The predicted molar refractivity (Wildman–Crippen MR) is 67.8 cm³/mol. The van der Waals surface area contributed by atoms with E-state index < -0.39 is 0 Å². The molecule has 2 heterocycles. The number of nitrogens with one attached hydrogen (secondary N) is 2. The highest BCUT2D eigenvalue weighted by molar-refractivity contribution is 5.56. The van der Waals surface area contributed by atoms with Crippen LogP contribution >= 0.6 is 0 Å². The van der Waals surface area contributed by atoms with Gasteiger partial charge in [0, 0.05) is 6.54 Å². The number of fused-ring (bicyclic) bond motifs is 1. The lowest BCUT2D eigenvalue weighted by Crippen LogP contribution is -2.33. The average molecular weight is 234 g/mol. The summed E-state index contributed by atoms with van der Waals surface area (Å²) in [5, 5.41) is 6.61. The van der Waals surface area contributed by atoms with Gasteiger partial charge in [-0.3, -0.25) is 0 Å². The van der Waals surface area contributed by atoms with Crippen molar-refractivity contribution in [2.24, 2.45) is 5.92 Å². The molecular formula is C14H19FN2. The molecule has 1 atom stereocenters. The number of hydrogen-bond acceptors (Lipinski definition) is 2. The summed E-state index contributed by atoms with van der Waals surface area (Å²) in [6.07, 6.45) is 3.59. The largest absolute Gasteiger partial charge is 0.382 e. The molecule has 2 aliphatic rings. The van der Waals surface area contributed by atoms with Gasteiger partial charge in [-0.25, -0.2) is 4.39 Å². The van der Waals surface area contributed by atoms with Crippen molar-refractivity contribution in [2.75, 3.05) is 25.0 Å². The summed E-state index contributed by atoms with van der Waals surface area (Å²) in [7, 11) is 0. The van der Waals surface area contributed by atoms with Crippen LogP contribution in [0.4, 0.5) is 10.1 Å². The summed E-state index contributed by atoms with van der Waals surface area (Å²) < 4.78 is 13.7. The maximum absolute atomic E-state index is 13.7. The fourth-order valence-corrected chi connectivity index (χ4v) is 3.28. The number of piperidine rings is 1. The second-order valence-corrected chi connectivity index (χ2v) is 5.11. The minimum absolute atomic E-state index is 0.0962. The molecule has 0 aliphatic carbocycles. The molecule has 17 heavy (non-hydrogen) atoms. The van der Waals surface area contributed by atoms with E-state index >= 15 is 0 Å². The summed E-state index contributed by atoms with van der Waals surface area (Å²) in [5.74, 6) is 1.17. The van der Waals surface area contributed by atoms with Crippen molar-refractivity contribution in [3.8, 4) is 0 Å². The monoisotopic (exact) mass is 234 g/mol. The second-order valence-electron chi connectivity index (χ2n) is 5.11. The average Bonchev–Trinajstić information content (AvgIpc) is 2.40. The third-order valence-electron chi connectivity index (χ3n) is 4.16. The molecule has 0 spiro atoms. The first-order valence-corrected chi connectivity index (χ1v) is 6.59. The Kier molecular flexibility index (Phi) is 3.02. The van der Waals surface area contributed by atoms with Crippen molar-refractivity contribution in [1.29, 1.82) is 0 Å². The van der Waals surface area contributed by atoms with Gasteiger partial charge in [-0.15, -0.1) is 0 Å². The minimum atomic E-state index is -0.0962. The van der Waals surface area contributed by atoms with Gasteiger partial charge in [-0.2, -0.15) is 0 Å². The first-order valence-electron chi connectivity index (χ1n) is 6.59. The molecule has 1 saturated heterocycles. The van der Waals surface area contributed by atoms with Crippen LogP contribution in [0.25, 0.3) is 0 Å². The highest BCUT2D eigenvalue weighted by Gasteiger charge is 2.29. The van der Waals surface area contributed by atoms with E-state index in [-0.39, 0.29) is 5.82 Å². The smallest absolute Gasteiger partial charge is 0.146 e. The molecule has 2 aliphatic heterocycles. The van der Waals surface area contributed by atoms with E-state index in [4.69, 9.17) is 0 Å². The predicted octanol–water partition coefficient (Wildman–Crippen LogP) is 2.72. The number of para-hydroxylation sites is 1. The number of halogens is 1. The molecule has 92 valence electrons. The normalized spacial score (nSPS) is 25.1. The molecular weight excluding hydrogens is 215 g/mol. The van der Waals surface area contributed by atoms with E-state index in [1.807, 2.05) is 6.07 Å². The van der Waals surface area contributed by atoms with Crippen LogP contribution in [0.15, 0.2) is 18.2 Å². The highest BCUT2D eigenvalue weighted by atomic mass is 19.1. The molecule has 3 rings (SSSR count). The Morgan fingerprint density at radius 1 is 1.06 bits per heavy atom. The number of benzene rings is 1. The molecule has 0 bridgehead atoms. The molecule has 1 aromatic carbocycles. The molecule has 0 aromatic heterocycles. The summed E-state index contributed by atoms with van der Waals surface area (Å²) >= 11 is 0. The molecule has 1 aromatic rings. The molecule has 2 nitrogen and oxygen atoms in total. The van der Waals surface area contributed by atoms with E-state index in [9.17, 15) is 4.39 Å². The van der Waals surface area contributed by atoms with Gasteiger partial charge < -0.3 is 10.6 Å². The van der Waals surface area contributed by atoms with E-state index in [1.165, 1.54) is 18.4 Å². The van der Waals surface area contributed by atoms with Crippen molar-refractivity contribution in [3.63, 3.8) is 0 Å². The number of anilines is 1. The third-order valence-corrected chi connectivity index (χ3v) is 4.16. The van der Waals surface area contributed by atoms with Crippen LogP contribution in [0.2, 0.25) is 0 Å². The Morgan fingerprint density at radius 3 is 2.71 bits per heavy atom. The molecule has 3 heteroatoms. The fraction of sp³-hybridized carbons (Fsp3) is 0.571. The number of rotatable bonds is 1. The Labute approximate surface area is 102 Å². The standard InChI is InChI=1S/C14H19FN2/c15-13-3-1-2-12-11(6-9-17-14(12)13)10-4-7-16-8-5-10/h1-3,10-11,16-17H,4-9H2. The molecule has 0 radical (unpaired) electrons. The zero-order chi connectivity index (χ0) is 11.7. The Hall–Kier alpha value is -1.09. The van der Waals surface area contributed by atoms with Crippen molar-refractivity contribution < 1.29 is 4.39 Å². The van der Waals surface area contributed by atoms with Crippen LogP contribution in [0.1, 0.15) is 30.7 Å². The Bertz CT molecular complexity index is 399. The third kappa shape index (κ3) is 2.04. The molecule has 1 unspecified atom stereocenters. The summed E-state index contributed by atoms with van der Waals surface area (Å²) in [4.78, 5) is 0. The Morgan fingerprint density at radius 2 is 1.88 bits per heavy atom. The highest BCUT2D eigenvalue weighted by Crippen LogP contribution is 2.40. The van der Waals surface area contributed by atoms with Crippen molar-refractivity contribution in [3.05, 3.63) is 29.6 Å². The van der Waals surface area contributed by atoms with E-state index in [2.05, 4.69) is 16.7 Å². The zero-order valence-electron chi connectivity index (χ0n) is 10.0. The maximum atomic E-state index is 13.7. The lowest BCUT2D eigenvalue weighted by molar-refractivity contribution is 0.306.